The van der Waals surface area contributed by atoms with E-state index in [1.807, 2.05) is 6.07 Å². The van der Waals surface area contributed by atoms with Gasteiger partial charge in [-0.05, 0) is 92.6 Å². The van der Waals surface area contributed by atoms with E-state index in [-0.39, 0.29) is 12.2 Å². The van der Waals surface area contributed by atoms with Crippen LogP contribution in [0.1, 0.15) is 48.8 Å². The summed E-state index contributed by atoms with van der Waals surface area (Å²) in [5, 5.41) is 27.4. The van der Waals surface area contributed by atoms with Crippen molar-refractivity contribution in [3.63, 3.8) is 0 Å². The fraction of sp³-hybridized carbons (Fsp3) is 0.500. The van der Waals surface area contributed by atoms with Gasteiger partial charge < -0.3 is 26.0 Å². The van der Waals surface area contributed by atoms with Gasteiger partial charge in [-0.3, -0.25) is 4.79 Å². The van der Waals surface area contributed by atoms with E-state index in [0.717, 1.165) is 17.5 Å². The van der Waals surface area contributed by atoms with Gasteiger partial charge in [-0.2, -0.15) is 0 Å². The Morgan fingerprint density at radius 1 is 1.12 bits per heavy atom. The first-order valence-electron chi connectivity index (χ1n) is 11.6. The monoisotopic (exact) mass is 438 g/mol. The van der Waals surface area contributed by atoms with Gasteiger partial charge in [0.1, 0.15) is 17.5 Å². The molecule has 1 unspecified atom stereocenters. The van der Waals surface area contributed by atoms with Gasteiger partial charge in [0.15, 0.2) is 0 Å². The molecule has 2 aromatic carbocycles. The molecular weight excluding hydrogens is 404 g/mol. The number of phenols is 2. The molecule has 172 valence electrons. The predicted octanol–water partition coefficient (Wildman–Crippen LogP) is 3.43. The number of likely N-dealkylation sites (N-methyl/N-ethyl adjacent to an activating group) is 1. The first-order chi connectivity index (χ1) is 15.3. The summed E-state index contributed by atoms with van der Waals surface area (Å²) in [5.41, 5.74) is 9.48. The standard InChI is InChI=1S/C17H23NO.C9H11NO3/c1-18-9-8-17-7-3-2-4-14(17)16(18)10-12-5-6-13(19)11-15(12)17;10-8(9(12)13)5-6-1-3-7(11)4-2-6/h5-6,11,14,16,19H,2-4,7-10H2,1H3;1-4,8,11H,5,10H2,(H,12,13)/t14-,16+,17+;/m0./s1. The van der Waals surface area contributed by atoms with Gasteiger partial charge in [-0.15, -0.1) is 0 Å². The Balaban J connectivity index is 0.000000166. The average molecular weight is 439 g/mol. The molecule has 6 heteroatoms. The predicted molar refractivity (Wildman–Crippen MR) is 124 cm³/mol. The lowest BCUT2D eigenvalue weighted by Gasteiger charge is -2.58. The summed E-state index contributed by atoms with van der Waals surface area (Å²) in [6.07, 6.45) is 8.20. The van der Waals surface area contributed by atoms with Crippen molar-refractivity contribution in [3.05, 3.63) is 59.2 Å². The Morgan fingerprint density at radius 3 is 2.56 bits per heavy atom. The normalized spacial score (nSPS) is 27.3. The van der Waals surface area contributed by atoms with Crippen LogP contribution in [0.25, 0.3) is 0 Å². The van der Waals surface area contributed by atoms with Gasteiger partial charge in [0.05, 0.1) is 0 Å². The number of fused-ring (bicyclic) bond motifs is 1. The number of carbonyl (C=O) groups is 1. The van der Waals surface area contributed by atoms with Crippen LogP contribution in [0, 0.1) is 5.92 Å². The SMILES string of the molecule is CN1CC[C@]23CCCC[C@H]2[C@H]1Cc1ccc(O)cc13.NC(Cc1ccc(O)cc1)C(=O)O. The molecule has 2 aromatic rings. The van der Waals surface area contributed by atoms with Crippen LogP contribution >= 0.6 is 0 Å². The second-order valence-corrected chi connectivity index (χ2v) is 9.67. The molecule has 3 aliphatic rings. The Labute approximate surface area is 189 Å². The summed E-state index contributed by atoms with van der Waals surface area (Å²) in [6.45, 7) is 1.22. The van der Waals surface area contributed by atoms with Crippen molar-refractivity contribution in [1.29, 1.82) is 0 Å². The van der Waals surface area contributed by atoms with E-state index >= 15 is 0 Å². The maximum absolute atomic E-state index is 10.4. The van der Waals surface area contributed by atoms with E-state index in [1.54, 1.807) is 12.1 Å². The first kappa shape index (κ1) is 22.6. The quantitative estimate of drug-likeness (QED) is 0.585. The Kier molecular flexibility index (Phi) is 6.45. The van der Waals surface area contributed by atoms with Crippen molar-refractivity contribution in [3.8, 4) is 11.5 Å². The van der Waals surface area contributed by atoms with Crippen LogP contribution in [-0.4, -0.2) is 51.9 Å². The zero-order chi connectivity index (χ0) is 22.9. The number of carboxylic acid groups (broad SMARTS) is 1. The summed E-state index contributed by atoms with van der Waals surface area (Å²) >= 11 is 0. The highest BCUT2D eigenvalue weighted by atomic mass is 16.4. The summed E-state index contributed by atoms with van der Waals surface area (Å²) in [5.74, 6) is 0.407. The third kappa shape index (κ3) is 4.34. The van der Waals surface area contributed by atoms with Crippen molar-refractivity contribution in [2.75, 3.05) is 13.6 Å². The number of carboxylic acids is 1. The van der Waals surface area contributed by atoms with Gasteiger partial charge in [0.2, 0.25) is 0 Å². The number of phenolic OH excluding ortho intramolecular Hbond substituents is 2. The van der Waals surface area contributed by atoms with Crippen molar-refractivity contribution >= 4 is 5.97 Å². The zero-order valence-corrected chi connectivity index (χ0v) is 18.7. The van der Waals surface area contributed by atoms with Crippen molar-refractivity contribution in [1.82, 2.24) is 4.90 Å². The molecule has 5 rings (SSSR count). The van der Waals surface area contributed by atoms with Crippen LogP contribution in [-0.2, 0) is 23.1 Å². The van der Waals surface area contributed by atoms with Crippen LogP contribution in [0.4, 0.5) is 0 Å². The van der Waals surface area contributed by atoms with Gasteiger partial charge >= 0.3 is 5.97 Å². The fourth-order valence-electron chi connectivity index (χ4n) is 6.16. The zero-order valence-electron chi connectivity index (χ0n) is 18.7. The van der Waals surface area contributed by atoms with E-state index in [1.165, 1.54) is 68.3 Å². The smallest absolute Gasteiger partial charge is 0.320 e. The van der Waals surface area contributed by atoms with Gasteiger partial charge in [0, 0.05) is 11.5 Å². The highest BCUT2D eigenvalue weighted by Gasteiger charge is 2.52. The van der Waals surface area contributed by atoms with E-state index in [2.05, 4.69) is 24.1 Å². The maximum Gasteiger partial charge on any atom is 0.320 e. The van der Waals surface area contributed by atoms with Crippen LogP contribution < -0.4 is 5.73 Å². The van der Waals surface area contributed by atoms with E-state index in [9.17, 15) is 9.90 Å². The largest absolute Gasteiger partial charge is 0.508 e. The molecule has 0 aromatic heterocycles. The Hall–Kier alpha value is -2.57. The van der Waals surface area contributed by atoms with E-state index < -0.39 is 12.0 Å². The van der Waals surface area contributed by atoms with E-state index in [4.69, 9.17) is 15.9 Å². The summed E-state index contributed by atoms with van der Waals surface area (Å²) in [7, 11) is 2.30. The molecule has 2 fully saturated rings. The van der Waals surface area contributed by atoms with Gasteiger partial charge in [-0.25, -0.2) is 0 Å². The summed E-state index contributed by atoms with van der Waals surface area (Å²) in [4.78, 5) is 13.0. The lowest BCUT2D eigenvalue weighted by Crippen LogP contribution is -2.59. The number of likely N-dealkylation sites (tertiary alicyclic amines) is 1. The number of aromatic hydroxyl groups is 2. The number of benzene rings is 2. The van der Waals surface area contributed by atoms with Crippen LogP contribution in [0.5, 0.6) is 11.5 Å². The van der Waals surface area contributed by atoms with Crippen molar-refractivity contribution in [2.45, 2.75) is 62.4 Å². The third-order valence-electron chi connectivity index (χ3n) is 7.81. The fourth-order valence-corrected chi connectivity index (χ4v) is 6.16. The molecule has 1 saturated heterocycles. The Morgan fingerprint density at radius 2 is 1.84 bits per heavy atom. The van der Waals surface area contributed by atoms with Crippen molar-refractivity contribution < 1.29 is 20.1 Å². The lowest BCUT2D eigenvalue weighted by molar-refractivity contribution is -0.138. The highest BCUT2D eigenvalue weighted by molar-refractivity contribution is 5.73. The minimum atomic E-state index is -1.02. The van der Waals surface area contributed by atoms with Crippen molar-refractivity contribution in [2.24, 2.45) is 11.7 Å². The number of aliphatic carboxylic acids is 1. The van der Waals surface area contributed by atoms with Gasteiger partial charge in [0.25, 0.3) is 0 Å². The average Bonchev–Trinajstić information content (AvgIpc) is 2.78. The van der Waals surface area contributed by atoms with Crippen LogP contribution in [0.15, 0.2) is 42.5 Å². The molecule has 2 aliphatic carbocycles. The minimum Gasteiger partial charge on any atom is -0.508 e. The summed E-state index contributed by atoms with van der Waals surface area (Å²) < 4.78 is 0. The first-order valence-corrected chi connectivity index (χ1v) is 11.6. The van der Waals surface area contributed by atoms with Crippen LogP contribution in [0.3, 0.4) is 0 Å². The summed E-state index contributed by atoms with van der Waals surface area (Å²) in [6, 6.07) is 12.3. The molecule has 0 amide bonds. The molecule has 4 atom stereocenters. The number of hydrogen-bond acceptors (Lipinski definition) is 5. The second-order valence-electron chi connectivity index (χ2n) is 9.67. The number of hydrogen-bond donors (Lipinski definition) is 4. The molecule has 0 radical (unpaired) electrons. The molecule has 1 heterocycles. The molecular formula is C26H34N2O4. The second kappa shape index (κ2) is 9.12. The Bertz CT molecular complexity index is 961. The number of piperidine rings is 1. The minimum absolute atomic E-state index is 0.160. The molecule has 0 spiro atoms. The maximum atomic E-state index is 10.4. The number of nitrogens with two attached hydrogens (primary N) is 1. The highest BCUT2D eigenvalue weighted by Crippen LogP contribution is 2.55. The molecule has 1 saturated carbocycles. The molecule has 32 heavy (non-hydrogen) atoms. The third-order valence-corrected chi connectivity index (χ3v) is 7.81. The molecule has 1 aliphatic heterocycles. The topological polar surface area (TPSA) is 107 Å². The molecule has 6 nitrogen and oxygen atoms in total. The number of nitrogens with zero attached hydrogens (tertiary/aromatic N) is 1. The van der Waals surface area contributed by atoms with E-state index in [0.29, 0.717) is 11.2 Å². The molecule has 2 bridgehead atoms. The lowest BCUT2D eigenvalue weighted by atomic mass is 9.52. The van der Waals surface area contributed by atoms with Gasteiger partial charge in [-0.1, -0.05) is 31.0 Å². The van der Waals surface area contributed by atoms with Crippen LogP contribution in [0.2, 0.25) is 0 Å². The molecule has 5 N–H and O–H groups in total. The number of rotatable bonds is 3.